The average Bonchev–Trinajstić information content (AvgIpc) is 2.13. The molecule has 18 heavy (non-hydrogen) atoms. The normalized spacial score (nSPS) is 10.8. The van der Waals surface area contributed by atoms with E-state index in [1.54, 1.807) is 20.8 Å². The van der Waals surface area contributed by atoms with Crippen molar-refractivity contribution < 1.29 is 24.5 Å². The Morgan fingerprint density at radius 2 is 1.89 bits per heavy atom. The molecule has 0 radical (unpaired) electrons. The zero-order valence-electron chi connectivity index (χ0n) is 10.4. The van der Waals surface area contributed by atoms with Crippen LogP contribution in [0.1, 0.15) is 31.1 Å². The molecule has 0 aromatic heterocycles. The maximum Gasteiger partial charge on any atom is 0.409 e. The standard InChI is InChI=1S/C12H15NO5/c1-12(2,3)18-10(15)8-5-4-7(6-9(8)14)13-11(16)17/h4-6,13-14H,1-3H3,(H,16,17). The van der Waals surface area contributed by atoms with Crippen LogP contribution in [0.3, 0.4) is 0 Å². The summed E-state index contributed by atoms with van der Waals surface area (Å²) in [6, 6.07) is 3.81. The highest BCUT2D eigenvalue weighted by Gasteiger charge is 2.20. The van der Waals surface area contributed by atoms with Gasteiger partial charge in [-0.05, 0) is 32.9 Å². The molecule has 1 amide bonds. The van der Waals surface area contributed by atoms with E-state index in [1.165, 1.54) is 12.1 Å². The molecule has 98 valence electrons. The van der Waals surface area contributed by atoms with Gasteiger partial charge in [-0.15, -0.1) is 0 Å². The van der Waals surface area contributed by atoms with Crippen molar-refractivity contribution in [2.24, 2.45) is 0 Å². The SMILES string of the molecule is CC(C)(C)OC(=O)c1ccc(NC(=O)O)cc1O. The van der Waals surface area contributed by atoms with Crippen LogP contribution in [0.25, 0.3) is 0 Å². The molecule has 1 aromatic carbocycles. The lowest BCUT2D eigenvalue weighted by atomic mass is 10.1. The maximum atomic E-state index is 11.7. The summed E-state index contributed by atoms with van der Waals surface area (Å²) >= 11 is 0. The number of phenolic OH excluding ortho intramolecular Hbond substituents is 1. The fourth-order valence-electron chi connectivity index (χ4n) is 1.24. The van der Waals surface area contributed by atoms with Crippen LogP contribution in [0.2, 0.25) is 0 Å². The molecule has 3 N–H and O–H groups in total. The number of benzene rings is 1. The Labute approximate surface area is 104 Å². The van der Waals surface area contributed by atoms with Gasteiger partial charge in [0.25, 0.3) is 0 Å². The van der Waals surface area contributed by atoms with Gasteiger partial charge in [-0.3, -0.25) is 5.32 Å². The van der Waals surface area contributed by atoms with Crippen LogP contribution < -0.4 is 5.32 Å². The lowest BCUT2D eigenvalue weighted by Crippen LogP contribution is -2.24. The Bertz CT molecular complexity index is 476. The van der Waals surface area contributed by atoms with Crippen molar-refractivity contribution in [2.45, 2.75) is 26.4 Å². The molecule has 0 aliphatic carbocycles. The third-order valence-corrected chi connectivity index (χ3v) is 1.87. The Hall–Kier alpha value is -2.24. The Kier molecular flexibility index (Phi) is 3.80. The second-order valence-electron chi connectivity index (χ2n) is 4.66. The van der Waals surface area contributed by atoms with Gasteiger partial charge < -0.3 is 14.9 Å². The quantitative estimate of drug-likeness (QED) is 0.703. The number of phenols is 1. The van der Waals surface area contributed by atoms with Gasteiger partial charge >= 0.3 is 12.1 Å². The number of nitrogens with one attached hydrogen (secondary N) is 1. The topological polar surface area (TPSA) is 95.9 Å². The molecule has 6 nitrogen and oxygen atoms in total. The van der Waals surface area contributed by atoms with Crippen LogP contribution in [-0.2, 0) is 4.74 Å². The number of carbonyl (C=O) groups excluding carboxylic acids is 1. The van der Waals surface area contributed by atoms with Crippen LogP contribution in [0, 0.1) is 0 Å². The number of ether oxygens (including phenoxy) is 1. The minimum atomic E-state index is -1.25. The van der Waals surface area contributed by atoms with Gasteiger partial charge in [-0.25, -0.2) is 9.59 Å². The van der Waals surface area contributed by atoms with Gasteiger partial charge in [0.2, 0.25) is 0 Å². The lowest BCUT2D eigenvalue weighted by Gasteiger charge is -2.19. The molecular weight excluding hydrogens is 238 g/mol. The fraction of sp³-hybridized carbons (Fsp3) is 0.333. The van der Waals surface area contributed by atoms with Crippen LogP contribution in [0.5, 0.6) is 5.75 Å². The minimum Gasteiger partial charge on any atom is -0.507 e. The smallest absolute Gasteiger partial charge is 0.409 e. The van der Waals surface area contributed by atoms with Crippen LogP contribution in [0.4, 0.5) is 10.5 Å². The zero-order chi connectivity index (χ0) is 13.9. The van der Waals surface area contributed by atoms with E-state index in [0.717, 1.165) is 6.07 Å². The molecule has 0 aliphatic rings. The Balaban J connectivity index is 2.92. The summed E-state index contributed by atoms with van der Waals surface area (Å²) < 4.78 is 5.09. The van der Waals surface area contributed by atoms with Crippen LogP contribution in [0.15, 0.2) is 18.2 Å². The van der Waals surface area contributed by atoms with Crippen LogP contribution >= 0.6 is 0 Å². The third kappa shape index (κ3) is 3.97. The molecule has 6 heteroatoms. The first-order valence-electron chi connectivity index (χ1n) is 5.25. The Morgan fingerprint density at radius 1 is 1.28 bits per heavy atom. The first-order chi connectivity index (χ1) is 8.19. The number of aromatic hydroxyl groups is 1. The predicted octanol–water partition coefficient (Wildman–Crippen LogP) is 2.44. The summed E-state index contributed by atoms with van der Waals surface area (Å²) in [5, 5.41) is 20.2. The number of anilines is 1. The van der Waals surface area contributed by atoms with E-state index >= 15 is 0 Å². The number of hydrogen-bond donors (Lipinski definition) is 3. The van der Waals surface area contributed by atoms with Crippen molar-refractivity contribution >= 4 is 17.7 Å². The number of carboxylic acid groups (broad SMARTS) is 1. The lowest BCUT2D eigenvalue weighted by molar-refractivity contribution is 0.00668. The number of carbonyl (C=O) groups is 2. The van der Waals surface area contributed by atoms with Gasteiger partial charge in [-0.2, -0.15) is 0 Å². The summed E-state index contributed by atoms with van der Waals surface area (Å²) in [7, 11) is 0. The van der Waals surface area contributed by atoms with Gasteiger partial charge in [0.1, 0.15) is 16.9 Å². The minimum absolute atomic E-state index is 0.0131. The summed E-state index contributed by atoms with van der Waals surface area (Å²) in [5.41, 5.74) is -0.505. The number of esters is 1. The van der Waals surface area contributed by atoms with Crippen molar-refractivity contribution in [3.05, 3.63) is 23.8 Å². The second-order valence-corrected chi connectivity index (χ2v) is 4.66. The van der Waals surface area contributed by atoms with E-state index in [-0.39, 0.29) is 17.0 Å². The largest absolute Gasteiger partial charge is 0.507 e. The molecule has 0 saturated heterocycles. The number of amides is 1. The van der Waals surface area contributed by atoms with Crippen molar-refractivity contribution in [3.8, 4) is 5.75 Å². The molecule has 0 aliphatic heterocycles. The van der Waals surface area contributed by atoms with Crippen molar-refractivity contribution in [1.29, 1.82) is 0 Å². The fourth-order valence-corrected chi connectivity index (χ4v) is 1.24. The monoisotopic (exact) mass is 253 g/mol. The predicted molar refractivity (Wildman–Crippen MR) is 64.9 cm³/mol. The molecule has 0 saturated carbocycles. The van der Waals surface area contributed by atoms with Crippen molar-refractivity contribution in [2.75, 3.05) is 5.32 Å². The summed E-state index contributed by atoms with van der Waals surface area (Å²) in [4.78, 5) is 22.1. The first kappa shape index (κ1) is 13.8. The van der Waals surface area contributed by atoms with Gasteiger partial charge in [-0.1, -0.05) is 0 Å². The van der Waals surface area contributed by atoms with E-state index in [2.05, 4.69) is 5.32 Å². The molecule has 0 atom stereocenters. The summed E-state index contributed by atoms with van der Waals surface area (Å²) in [6.07, 6.45) is -1.25. The van der Waals surface area contributed by atoms with E-state index in [9.17, 15) is 14.7 Å². The highest BCUT2D eigenvalue weighted by Crippen LogP contribution is 2.24. The van der Waals surface area contributed by atoms with Crippen LogP contribution in [-0.4, -0.2) is 27.9 Å². The Morgan fingerprint density at radius 3 is 2.33 bits per heavy atom. The summed E-state index contributed by atoms with van der Waals surface area (Å²) in [6.45, 7) is 5.13. The third-order valence-electron chi connectivity index (χ3n) is 1.87. The average molecular weight is 253 g/mol. The van der Waals surface area contributed by atoms with E-state index in [1.807, 2.05) is 0 Å². The van der Waals surface area contributed by atoms with Gasteiger partial charge in [0, 0.05) is 11.8 Å². The van der Waals surface area contributed by atoms with Gasteiger partial charge in [0.05, 0.1) is 0 Å². The molecule has 0 fully saturated rings. The second kappa shape index (κ2) is 4.95. The molecular formula is C12H15NO5. The summed E-state index contributed by atoms with van der Waals surface area (Å²) in [5.74, 6) is -1.00. The first-order valence-corrected chi connectivity index (χ1v) is 5.25. The number of hydrogen-bond acceptors (Lipinski definition) is 4. The van der Waals surface area contributed by atoms with E-state index in [0.29, 0.717) is 0 Å². The number of rotatable bonds is 2. The maximum absolute atomic E-state index is 11.7. The van der Waals surface area contributed by atoms with E-state index < -0.39 is 17.7 Å². The molecule has 0 unspecified atom stereocenters. The highest BCUT2D eigenvalue weighted by molar-refractivity contribution is 5.94. The highest BCUT2D eigenvalue weighted by atomic mass is 16.6. The molecule has 1 rings (SSSR count). The van der Waals surface area contributed by atoms with Crippen molar-refractivity contribution in [3.63, 3.8) is 0 Å². The molecule has 1 aromatic rings. The zero-order valence-corrected chi connectivity index (χ0v) is 10.4. The van der Waals surface area contributed by atoms with Crippen molar-refractivity contribution in [1.82, 2.24) is 0 Å². The molecule has 0 heterocycles. The van der Waals surface area contributed by atoms with E-state index in [4.69, 9.17) is 9.84 Å². The molecule has 0 spiro atoms. The molecule has 0 bridgehead atoms. The van der Waals surface area contributed by atoms with Gasteiger partial charge in [0.15, 0.2) is 0 Å².